The van der Waals surface area contributed by atoms with Crippen molar-refractivity contribution in [1.82, 2.24) is 10.2 Å². The highest BCUT2D eigenvalue weighted by molar-refractivity contribution is 5.77. The van der Waals surface area contributed by atoms with Crippen LogP contribution in [0.3, 0.4) is 0 Å². The van der Waals surface area contributed by atoms with Crippen LogP contribution in [0.2, 0.25) is 0 Å². The molecule has 0 unspecified atom stereocenters. The standard InChI is InChI=1S/C34H66N2O6/c1-4-6-8-10-12-14-16-17-19-21-23-25-30(39)36(26-24-22-20-18-15-13-11-9-7-5-2)34-31(35-28(3)38)33(41)32(40)29(27-37)42-34/h29,31-34,37,40-41H,4-27H2,1-3H3,(H,35,38)/t29-,31+,32-,33-,34-/m1/s1. The summed E-state index contributed by atoms with van der Waals surface area (Å²) in [5.41, 5.74) is 0. The molecule has 0 spiro atoms. The third-order valence-electron chi connectivity index (χ3n) is 8.64. The molecule has 2 amide bonds. The second-order valence-corrected chi connectivity index (χ2v) is 12.5. The zero-order chi connectivity index (χ0) is 31.0. The SMILES string of the molecule is CCCCCCCCCCCCCC(=O)N(CCCCCCCCCCCC)[C@@H]1O[C@H](CO)[C@@H](O)[C@H](O)[C@@H]1NC(C)=O. The van der Waals surface area contributed by atoms with E-state index < -0.39 is 37.2 Å². The number of ether oxygens (including phenoxy) is 1. The average Bonchev–Trinajstić information content (AvgIpc) is 2.97. The van der Waals surface area contributed by atoms with Crippen LogP contribution in [0.25, 0.3) is 0 Å². The van der Waals surface area contributed by atoms with Crippen molar-refractivity contribution in [1.29, 1.82) is 0 Å². The summed E-state index contributed by atoms with van der Waals surface area (Å²) in [6, 6.07) is -0.968. The molecule has 1 heterocycles. The number of unbranched alkanes of at least 4 members (excludes halogenated alkanes) is 19. The van der Waals surface area contributed by atoms with E-state index in [1.54, 1.807) is 4.90 Å². The van der Waals surface area contributed by atoms with Gasteiger partial charge in [-0.25, -0.2) is 0 Å². The van der Waals surface area contributed by atoms with Gasteiger partial charge >= 0.3 is 0 Å². The Morgan fingerprint density at radius 3 is 1.52 bits per heavy atom. The van der Waals surface area contributed by atoms with Crippen molar-refractivity contribution in [3.8, 4) is 0 Å². The van der Waals surface area contributed by atoms with Gasteiger partial charge in [0.1, 0.15) is 24.4 Å². The number of nitrogens with one attached hydrogen (secondary N) is 1. The Morgan fingerprint density at radius 2 is 1.10 bits per heavy atom. The number of carbonyl (C=O) groups excluding carboxylic acids is 2. The molecule has 1 aliphatic rings. The van der Waals surface area contributed by atoms with Gasteiger partial charge in [0, 0.05) is 19.9 Å². The first-order valence-corrected chi connectivity index (χ1v) is 17.6. The largest absolute Gasteiger partial charge is 0.394 e. The van der Waals surface area contributed by atoms with Gasteiger partial charge in [-0.15, -0.1) is 0 Å². The predicted octanol–water partition coefficient (Wildman–Crippen LogP) is 6.38. The summed E-state index contributed by atoms with van der Waals surface area (Å²) >= 11 is 0. The molecule has 0 bridgehead atoms. The van der Waals surface area contributed by atoms with Gasteiger partial charge in [0.05, 0.1) is 6.61 Å². The van der Waals surface area contributed by atoms with Crippen LogP contribution in [0.15, 0.2) is 0 Å². The van der Waals surface area contributed by atoms with Crippen LogP contribution in [0.5, 0.6) is 0 Å². The third kappa shape index (κ3) is 16.6. The van der Waals surface area contributed by atoms with Gasteiger partial charge in [-0.1, -0.05) is 136 Å². The predicted molar refractivity (Wildman–Crippen MR) is 170 cm³/mol. The zero-order valence-corrected chi connectivity index (χ0v) is 27.4. The van der Waals surface area contributed by atoms with Gasteiger partial charge < -0.3 is 30.3 Å². The number of hydrogen-bond donors (Lipinski definition) is 4. The first-order chi connectivity index (χ1) is 20.4. The quantitative estimate of drug-likeness (QED) is 0.0858. The highest BCUT2D eigenvalue weighted by Gasteiger charge is 2.47. The molecule has 0 aromatic heterocycles. The van der Waals surface area contributed by atoms with Gasteiger partial charge in [0.2, 0.25) is 11.8 Å². The summed E-state index contributed by atoms with van der Waals surface area (Å²) in [5.74, 6) is -0.443. The van der Waals surface area contributed by atoms with Crippen LogP contribution in [0.1, 0.15) is 162 Å². The molecule has 8 heteroatoms. The fourth-order valence-corrected chi connectivity index (χ4v) is 6.00. The van der Waals surface area contributed by atoms with E-state index in [0.29, 0.717) is 13.0 Å². The Labute approximate surface area is 257 Å². The number of aliphatic hydroxyl groups excluding tert-OH is 3. The Kier molecular flexibility index (Phi) is 23.2. The summed E-state index contributed by atoms with van der Waals surface area (Å²) in [6.07, 6.45) is 20.8. The van der Waals surface area contributed by atoms with Crippen molar-refractivity contribution in [3.63, 3.8) is 0 Å². The van der Waals surface area contributed by atoms with E-state index in [9.17, 15) is 24.9 Å². The average molecular weight is 599 g/mol. The molecule has 1 saturated heterocycles. The van der Waals surface area contributed by atoms with Gasteiger partial charge in [-0.2, -0.15) is 0 Å². The zero-order valence-electron chi connectivity index (χ0n) is 27.4. The lowest BCUT2D eigenvalue weighted by molar-refractivity contribution is -0.231. The molecule has 0 aromatic carbocycles. The molecule has 8 nitrogen and oxygen atoms in total. The summed E-state index contributed by atoms with van der Waals surface area (Å²) in [5, 5.41) is 33.7. The Morgan fingerprint density at radius 1 is 0.667 bits per heavy atom. The molecular weight excluding hydrogens is 532 g/mol. The monoisotopic (exact) mass is 598 g/mol. The maximum atomic E-state index is 13.5. The second-order valence-electron chi connectivity index (χ2n) is 12.5. The van der Waals surface area contributed by atoms with Crippen LogP contribution in [-0.2, 0) is 14.3 Å². The van der Waals surface area contributed by atoms with Crippen molar-refractivity contribution in [2.75, 3.05) is 13.2 Å². The molecule has 5 atom stereocenters. The lowest BCUT2D eigenvalue weighted by Crippen LogP contribution is -2.68. The molecule has 1 aliphatic heterocycles. The molecule has 0 aliphatic carbocycles. The molecular formula is C34H66N2O6. The summed E-state index contributed by atoms with van der Waals surface area (Å²) < 4.78 is 5.99. The number of aliphatic hydroxyl groups is 3. The third-order valence-corrected chi connectivity index (χ3v) is 8.64. The van der Waals surface area contributed by atoms with Gasteiger partial charge in [-0.3, -0.25) is 9.59 Å². The first-order valence-electron chi connectivity index (χ1n) is 17.6. The van der Waals surface area contributed by atoms with Gasteiger partial charge in [0.25, 0.3) is 0 Å². The summed E-state index contributed by atoms with van der Waals surface area (Å²) in [6.45, 7) is 5.78. The topological polar surface area (TPSA) is 119 Å². The number of amides is 2. The fourth-order valence-electron chi connectivity index (χ4n) is 6.00. The van der Waals surface area contributed by atoms with Crippen molar-refractivity contribution in [3.05, 3.63) is 0 Å². The van der Waals surface area contributed by atoms with Gasteiger partial charge in [0.15, 0.2) is 6.23 Å². The molecule has 0 radical (unpaired) electrons. The van der Waals surface area contributed by atoms with E-state index in [1.807, 2.05) is 0 Å². The molecule has 0 aromatic rings. The van der Waals surface area contributed by atoms with E-state index in [1.165, 1.54) is 103 Å². The first kappa shape index (κ1) is 38.8. The van der Waals surface area contributed by atoms with Crippen molar-refractivity contribution in [2.24, 2.45) is 0 Å². The van der Waals surface area contributed by atoms with Crippen LogP contribution >= 0.6 is 0 Å². The maximum absolute atomic E-state index is 13.5. The highest BCUT2D eigenvalue weighted by Crippen LogP contribution is 2.26. The number of rotatable bonds is 26. The Hall–Kier alpha value is -1.22. The highest BCUT2D eigenvalue weighted by atomic mass is 16.5. The number of hydrogen-bond acceptors (Lipinski definition) is 6. The fraction of sp³-hybridized carbons (Fsp3) is 0.941. The molecule has 4 N–H and O–H groups in total. The van der Waals surface area contributed by atoms with E-state index in [0.717, 1.165) is 38.5 Å². The molecule has 42 heavy (non-hydrogen) atoms. The minimum Gasteiger partial charge on any atom is -0.394 e. The van der Waals surface area contributed by atoms with Crippen molar-refractivity contribution < 1.29 is 29.6 Å². The maximum Gasteiger partial charge on any atom is 0.224 e. The lowest BCUT2D eigenvalue weighted by atomic mass is 9.94. The van der Waals surface area contributed by atoms with E-state index in [2.05, 4.69) is 19.2 Å². The van der Waals surface area contributed by atoms with E-state index in [4.69, 9.17) is 4.74 Å². The molecule has 248 valence electrons. The Bertz CT molecular complexity index is 678. The van der Waals surface area contributed by atoms with E-state index >= 15 is 0 Å². The van der Waals surface area contributed by atoms with Crippen molar-refractivity contribution in [2.45, 2.75) is 193 Å². The van der Waals surface area contributed by atoms with Gasteiger partial charge in [-0.05, 0) is 12.8 Å². The molecule has 0 saturated carbocycles. The molecule has 1 fully saturated rings. The minimum absolute atomic E-state index is 0.0671. The lowest BCUT2D eigenvalue weighted by Gasteiger charge is -2.46. The van der Waals surface area contributed by atoms with Crippen LogP contribution in [-0.4, -0.2) is 75.8 Å². The molecule has 1 rings (SSSR count). The normalized spacial score (nSPS) is 22.3. The van der Waals surface area contributed by atoms with Crippen molar-refractivity contribution >= 4 is 11.8 Å². The minimum atomic E-state index is -1.36. The Balaban J connectivity index is 2.64. The smallest absolute Gasteiger partial charge is 0.224 e. The summed E-state index contributed by atoms with van der Waals surface area (Å²) in [4.78, 5) is 27.1. The van der Waals surface area contributed by atoms with Crippen LogP contribution in [0, 0.1) is 0 Å². The number of nitrogens with zero attached hydrogens (tertiary/aromatic N) is 1. The number of carbonyl (C=O) groups is 2. The summed E-state index contributed by atoms with van der Waals surface area (Å²) in [7, 11) is 0. The van der Waals surface area contributed by atoms with Crippen LogP contribution < -0.4 is 5.32 Å². The van der Waals surface area contributed by atoms with Crippen LogP contribution in [0.4, 0.5) is 0 Å². The van der Waals surface area contributed by atoms with E-state index in [-0.39, 0.29) is 11.8 Å². The second kappa shape index (κ2) is 25.1.